The van der Waals surface area contributed by atoms with Crippen LogP contribution in [0, 0.1) is 0 Å². The average molecular weight is 295 g/mol. The molecular weight excluding hydrogens is 282 g/mol. The summed E-state index contributed by atoms with van der Waals surface area (Å²) < 4.78 is 2.16. The molecule has 1 rings (SSSR count). The van der Waals surface area contributed by atoms with E-state index in [0.29, 0.717) is 0 Å². The third-order valence-corrected chi connectivity index (χ3v) is 2.35. The minimum atomic E-state index is 1.07. The van der Waals surface area contributed by atoms with Crippen molar-refractivity contribution in [2.24, 2.45) is 0 Å². The lowest BCUT2D eigenvalue weighted by Gasteiger charge is -2.01. The van der Waals surface area contributed by atoms with Gasteiger partial charge in [-0.25, -0.2) is 0 Å². The summed E-state index contributed by atoms with van der Waals surface area (Å²) in [6.45, 7) is 4.00. The highest BCUT2D eigenvalue weighted by Crippen LogP contribution is 2.25. The number of hydrogen-bond acceptors (Lipinski definition) is 1. The second-order valence-electron chi connectivity index (χ2n) is 1.87. The molecule has 0 fully saturated rings. The first kappa shape index (κ1) is 12.0. The topological polar surface area (TPSA) is 12.0 Å². The summed E-state index contributed by atoms with van der Waals surface area (Å²) in [4.78, 5) is 0. The van der Waals surface area contributed by atoms with Gasteiger partial charge in [0.1, 0.15) is 0 Å². The molecule has 0 spiro atoms. The first-order valence-corrected chi connectivity index (χ1v) is 5.45. The zero-order valence-electron chi connectivity index (χ0n) is 7.49. The largest absolute Gasteiger partial charge is 0.387 e. The van der Waals surface area contributed by atoms with Crippen LogP contribution in [-0.2, 0) is 0 Å². The Kier molecular flexibility index (Phi) is 6.48. The van der Waals surface area contributed by atoms with E-state index in [1.165, 1.54) is 0 Å². The van der Waals surface area contributed by atoms with Crippen molar-refractivity contribution < 1.29 is 0 Å². The van der Waals surface area contributed by atoms with Gasteiger partial charge in [0.25, 0.3) is 0 Å². The van der Waals surface area contributed by atoms with Crippen molar-refractivity contribution in [3.8, 4) is 0 Å². The Labute approximate surface area is 90.8 Å². The van der Waals surface area contributed by atoms with Gasteiger partial charge in [0, 0.05) is 21.7 Å². The molecule has 0 aliphatic carbocycles. The van der Waals surface area contributed by atoms with E-state index in [9.17, 15) is 0 Å². The maximum atomic E-state index is 3.41. The van der Waals surface area contributed by atoms with Crippen LogP contribution in [0.1, 0.15) is 13.8 Å². The van der Waals surface area contributed by atoms with E-state index in [-0.39, 0.29) is 0 Å². The maximum absolute atomic E-state index is 3.41. The lowest BCUT2D eigenvalue weighted by Crippen LogP contribution is -1.87. The van der Waals surface area contributed by atoms with E-state index in [2.05, 4.69) is 37.2 Å². The van der Waals surface area contributed by atoms with Crippen molar-refractivity contribution in [1.82, 2.24) is 0 Å². The van der Waals surface area contributed by atoms with Gasteiger partial charge < -0.3 is 5.32 Å². The minimum Gasteiger partial charge on any atom is -0.387 e. The van der Waals surface area contributed by atoms with Crippen LogP contribution in [0.4, 0.5) is 5.69 Å². The van der Waals surface area contributed by atoms with Crippen LogP contribution in [0.2, 0.25) is 0 Å². The fourth-order valence-electron chi connectivity index (χ4n) is 0.692. The van der Waals surface area contributed by atoms with Crippen molar-refractivity contribution in [3.05, 3.63) is 27.1 Å². The van der Waals surface area contributed by atoms with Gasteiger partial charge in [-0.3, -0.25) is 0 Å². The number of benzene rings is 1. The van der Waals surface area contributed by atoms with Crippen LogP contribution >= 0.6 is 31.9 Å². The van der Waals surface area contributed by atoms with Crippen LogP contribution in [-0.4, -0.2) is 7.05 Å². The van der Waals surface area contributed by atoms with Crippen molar-refractivity contribution in [1.29, 1.82) is 0 Å². The molecule has 1 nitrogen and oxygen atoms in total. The highest BCUT2D eigenvalue weighted by Gasteiger charge is 1.95. The van der Waals surface area contributed by atoms with Gasteiger partial charge in [-0.2, -0.15) is 0 Å². The third-order valence-electron chi connectivity index (χ3n) is 1.20. The third kappa shape index (κ3) is 3.59. The minimum absolute atomic E-state index is 1.07. The molecule has 0 saturated carbocycles. The predicted molar refractivity (Wildman–Crippen MR) is 62.7 cm³/mol. The molecule has 0 unspecified atom stereocenters. The van der Waals surface area contributed by atoms with Crippen LogP contribution in [0.5, 0.6) is 0 Å². The summed E-state index contributed by atoms with van der Waals surface area (Å²) in [5.41, 5.74) is 1.10. The van der Waals surface area contributed by atoms with Gasteiger partial charge in [0.05, 0.1) is 0 Å². The molecule has 3 heteroatoms. The number of rotatable bonds is 1. The van der Waals surface area contributed by atoms with Crippen molar-refractivity contribution >= 4 is 37.5 Å². The van der Waals surface area contributed by atoms with E-state index in [1.54, 1.807) is 0 Å². The standard InChI is InChI=1S/C7H7Br2N.C2H6/c1-10-7-3-2-5(8)4-6(7)9;1-2/h2-4,10H,1H3;1-2H3. The molecule has 0 aliphatic rings. The number of halogens is 2. The van der Waals surface area contributed by atoms with E-state index >= 15 is 0 Å². The van der Waals surface area contributed by atoms with Crippen molar-refractivity contribution in [2.45, 2.75) is 13.8 Å². The van der Waals surface area contributed by atoms with Gasteiger partial charge in [-0.15, -0.1) is 0 Å². The van der Waals surface area contributed by atoms with Gasteiger partial charge in [-0.05, 0) is 34.1 Å². The molecule has 0 aromatic heterocycles. The van der Waals surface area contributed by atoms with Gasteiger partial charge in [0.2, 0.25) is 0 Å². The zero-order valence-corrected chi connectivity index (χ0v) is 10.7. The molecular formula is C9H13Br2N. The molecule has 0 bridgehead atoms. The first-order chi connectivity index (χ1) is 5.74. The monoisotopic (exact) mass is 293 g/mol. The Balaban J connectivity index is 0.000000561. The number of nitrogens with one attached hydrogen (secondary N) is 1. The summed E-state index contributed by atoms with van der Waals surface area (Å²) in [6.07, 6.45) is 0. The molecule has 0 heterocycles. The molecule has 0 atom stereocenters. The number of anilines is 1. The molecule has 0 amide bonds. The second-order valence-corrected chi connectivity index (χ2v) is 3.64. The normalized spacial score (nSPS) is 8.42. The van der Waals surface area contributed by atoms with Gasteiger partial charge in [0.15, 0.2) is 0 Å². The molecule has 1 aromatic carbocycles. The lowest BCUT2D eigenvalue weighted by molar-refractivity contribution is 1.47. The molecule has 1 N–H and O–H groups in total. The van der Waals surface area contributed by atoms with Crippen molar-refractivity contribution in [2.75, 3.05) is 12.4 Å². The Hall–Kier alpha value is -0.0200. The van der Waals surface area contributed by atoms with Gasteiger partial charge in [-0.1, -0.05) is 29.8 Å². The highest BCUT2D eigenvalue weighted by molar-refractivity contribution is 9.11. The van der Waals surface area contributed by atoms with Crippen LogP contribution < -0.4 is 5.32 Å². The molecule has 0 aliphatic heterocycles. The molecule has 0 saturated heterocycles. The highest BCUT2D eigenvalue weighted by atomic mass is 79.9. The van der Waals surface area contributed by atoms with Crippen LogP contribution in [0.15, 0.2) is 27.1 Å². The summed E-state index contributed by atoms with van der Waals surface area (Å²) >= 11 is 6.78. The van der Waals surface area contributed by atoms with E-state index in [4.69, 9.17) is 0 Å². The summed E-state index contributed by atoms with van der Waals surface area (Å²) in [6, 6.07) is 6.01. The quantitative estimate of drug-likeness (QED) is 0.815. The van der Waals surface area contributed by atoms with E-state index in [1.807, 2.05) is 39.1 Å². The SMILES string of the molecule is CC.CNc1ccc(Br)cc1Br. The second kappa shape index (κ2) is 6.49. The first-order valence-electron chi connectivity index (χ1n) is 3.87. The van der Waals surface area contributed by atoms with E-state index < -0.39 is 0 Å². The Bertz CT molecular complexity index is 236. The van der Waals surface area contributed by atoms with E-state index in [0.717, 1.165) is 14.6 Å². The lowest BCUT2D eigenvalue weighted by atomic mass is 10.3. The van der Waals surface area contributed by atoms with Crippen LogP contribution in [0.3, 0.4) is 0 Å². The van der Waals surface area contributed by atoms with Crippen molar-refractivity contribution in [3.63, 3.8) is 0 Å². The molecule has 0 radical (unpaired) electrons. The number of hydrogen-bond donors (Lipinski definition) is 1. The van der Waals surface area contributed by atoms with Gasteiger partial charge >= 0.3 is 0 Å². The fraction of sp³-hybridized carbons (Fsp3) is 0.333. The summed E-state index contributed by atoms with van der Waals surface area (Å²) in [5, 5.41) is 3.05. The Morgan fingerprint density at radius 2 is 1.75 bits per heavy atom. The summed E-state index contributed by atoms with van der Waals surface area (Å²) in [7, 11) is 1.90. The summed E-state index contributed by atoms with van der Waals surface area (Å²) in [5.74, 6) is 0. The molecule has 1 aromatic rings. The Morgan fingerprint density at radius 3 is 2.17 bits per heavy atom. The average Bonchev–Trinajstić information content (AvgIpc) is 2.08. The Morgan fingerprint density at radius 1 is 1.17 bits per heavy atom. The maximum Gasteiger partial charge on any atom is 0.0482 e. The fourth-order valence-corrected chi connectivity index (χ4v) is 1.94. The zero-order chi connectivity index (χ0) is 9.56. The van der Waals surface area contributed by atoms with Crippen LogP contribution in [0.25, 0.3) is 0 Å². The molecule has 12 heavy (non-hydrogen) atoms. The predicted octanol–water partition coefficient (Wildman–Crippen LogP) is 4.28. The molecule has 68 valence electrons. The smallest absolute Gasteiger partial charge is 0.0482 e.